The Labute approximate surface area is 87.7 Å². The predicted molar refractivity (Wildman–Crippen MR) is 55.7 cm³/mol. The SMILES string of the molecule is NC[C@H]1CCN(c2ccc(F)c(F)c2)C1. The van der Waals surface area contributed by atoms with Gasteiger partial charge >= 0.3 is 0 Å². The van der Waals surface area contributed by atoms with Crippen LogP contribution in [0.2, 0.25) is 0 Å². The van der Waals surface area contributed by atoms with Crippen molar-refractivity contribution in [1.29, 1.82) is 0 Å². The van der Waals surface area contributed by atoms with Crippen molar-refractivity contribution in [2.45, 2.75) is 6.42 Å². The Morgan fingerprint density at radius 3 is 2.73 bits per heavy atom. The Bertz CT molecular complexity index is 354. The third-order valence-corrected chi connectivity index (χ3v) is 2.89. The molecule has 1 heterocycles. The number of hydrogen-bond donors (Lipinski definition) is 1. The van der Waals surface area contributed by atoms with E-state index in [1.807, 2.05) is 4.90 Å². The molecule has 0 amide bonds. The van der Waals surface area contributed by atoms with E-state index in [0.717, 1.165) is 25.2 Å². The molecule has 2 rings (SSSR count). The van der Waals surface area contributed by atoms with Crippen LogP contribution in [0.3, 0.4) is 0 Å². The van der Waals surface area contributed by atoms with Crippen LogP contribution in [0, 0.1) is 17.6 Å². The van der Waals surface area contributed by atoms with Crippen LogP contribution >= 0.6 is 0 Å². The van der Waals surface area contributed by atoms with E-state index in [2.05, 4.69) is 0 Å². The summed E-state index contributed by atoms with van der Waals surface area (Å²) in [6.45, 7) is 2.36. The zero-order valence-corrected chi connectivity index (χ0v) is 8.42. The zero-order valence-electron chi connectivity index (χ0n) is 8.42. The van der Waals surface area contributed by atoms with Gasteiger partial charge in [-0.05, 0) is 31.0 Å². The molecular formula is C11H14F2N2. The Kier molecular flexibility index (Phi) is 2.86. The monoisotopic (exact) mass is 212 g/mol. The van der Waals surface area contributed by atoms with E-state index in [-0.39, 0.29) is 0 Å². The third kappa shape index (κ3) is 2.09. The Hall–Kier alpha value is -1.16. The number of anilines is 1. The van der Waals surface area contributed by atoms with Crippen LogP contribution in [0.15, 0.2) is 18.2 Å². The van der Waals surface area contributed by atoms with Gasteiger partial charge in [-0.15, -0.1) is 0 Å². The molecule has 15 heavy (non-hydrogen) atoms. The van der Waals surface area contributed by atoms with Gasteiger partial charge in [0.25, 0.3) is 0 Å². The molecule has 1 aromatic rings. The summed E-state index contributed by atoms with van der Waals surface area (Å²) in [6, 6.07) is 4.02. The normalized spacial score (nSPS) is 21.0. The van der Waals surface area contributed by atoms with Crippen molar-refractivity contribution in [3.63, 3.8) is 0 Å². The van der Waals surface area contributed by atoms with E-state index in [9.17, 15) is 8.78 Å². The first kappa shape index (κ1) is 10.4. The van der Waals surface area contributed by atoms with Crippen LogP contribution in [0.1, 0.15) is 6.42 Å². The molecule has 0 aromatic heterocycles. The molecule has 1 fully saturated rings. The first-order chi connectivity index (χ1) is 7.20. The van der Waals surface area contributed by atoms with Gasteiger partial charge in [-0.25, -0.2) is 8.78 Å². The summed E-state index contributed by atoms with van der Waals surface area (Å²) in [5.74, 6) is -1.12. The summed E-state index contributed by atoms with van der Waals surface area (Å²) in [7, 11) is 0. The fourth-order valence-electron chi connectivity index (χ4n) is 1.94. The van der Waals surface area contributed by atoms with Gasteiger partial charge in [-0.3, -0.25) is 0 Å². The Morgan fingerprint density at radius 1 is 1.33 bits per heavy atom. The Balaban J connectivity index is 2.13. The molecule has 0 bridgehead atoms. The van der Waals surface area contributed by atoms with E-state index in [1.165, 1.54) is 12.1 Å². The number of nitrogens with two attached hydrogens (primary N) is 1. The summed E-state index contributed by atoms with van der Waals surface area (Å²) >= 11 is 0. The average Bonchev–Trinajstić information content (AvgIpc) is 2.70. The highest BCUT2D eigenvalue weighted by atomic mass is 19.2. The highest BCUT2D eigenvalue weighted by Crippen LogP contribution is 2.24. The molecule has 1 aliphatic rings. The molecule has 82 valence electrons. The standard InChI is InChI=1S/C11H14F2N2/c12-10-2-1-9(5-11(10)13)15-4-3-8(6-14)7-15/h1-2,5,8H,3-4,6-7,14H2/t8-/m1/s1. The van der Waals surface area contributed by atoms with E-state index < -0.39 is 11.6 Å². The van der Waals surface area contributed by atoms with E-state index in [1.54, 1.807) is 6.07 Å². The van der Waals surface area contributed by atoms with Gasteiger partial charge in [-0.2, -0.15) is 0 Å². The van der Waals surface area contributed by atoms with Crippen molar-refractivity contribution in [2.24, 2.45) is 11.7 Å². The van der Waals surface area contributed by atoms with Gasteiger partial charge in [0.05, 0.1) is 0 Å². The molecule has 0 aliphatic carbocycles. The first-order valence-electron chi connectivity index (χ1n) is 5.11. The van der Waals surface area contributed by atoms with E-state index >= 15 is 0 Å². The Morgan fingerprint density at radius 2 is 2.13 bits per heavy atom. The largest absolute Gasteiger partial charge is 0.371 e. The van der Waals surface area contributed by atoms with Gasteiger partial charge in [0.15, 0.2) is 11.6 Å². The fourth-order valence-corrected chi connectivity index (χ4v) is 1.94. The van der Waals surface area contributed by atoms with Gasteiger partial charge in [-0.1, -0.05) is 0 Å². The van der Waals surface area contributed by atoms with Crippen LogP contribution in [0.5, 0.6) is 0 Å². The third-order valence-electron chi connectivity index (χ3n) is 2.89. The van der Waals surface area contributed by atoms with Crippen molar-refractivity contribution >= 4 is 5.69 Å². The summed E-state index contributed by atoms with van der Waals surface area (Å²) < 4.78 is 25.7. The van der Waals surface area contributed by atoms with Crippen LogP contribution in [0.4, 0.5) is 14.5 Å². The molecule has 4 heteroatoms. The molecule has 1 aliphatic heterocycles. The van der Waals surface area contributed by atoms with Gasteiger partial charge in [0.2, 0.25) is 0 Å². The second kappa shape index (κ2) is 4.14. The molecule has 2 nitrogen and oxygen atoms in total. The van der Waals surface area contributed by atoms with E-state index in [0.29, 0.717) is 12.5 Å². The number of rotatable bonds is 2. The molecular weight excluding hydrogens is 198 g/mol. The van der Waals surface area contributed by atoms with E-state index in [4.69, 9.17) is 5.73 Å². The van der Waals surface area contributed by atoms with Crippen LogP contribution in [-0.2, 0) is 0 Å². The lowest BCUT2D eigenvalue weighted by Crippen LogP contribution is -2.22. The molecule has 0 unspecified atom stereocenters. The second-order valence-corrected chi connectivity index (χ2v) is 3.93. The minimum atomic E-state index is -0.798. The molecule has 1 saturated heterocycles. The lowest BCUT2D eigenvalue weighted by Gasteiger charge is -2.18. The summed E-state index contributed by atoms with van der Waals surface area (Å²) in [5, 5.41) is 0. The highest BCUT2D eigenvalue weighted by molar-refractivity contribution is 5.47. The average molecular weight is 212 g/mol. The predicted octanol–water partition coefficient (Wildman–Crippen LogP) is 1.75. The van der Waals surface area contributed by atoms with Crippen molar-refractivity contribution in [3.05, 3.63) is 29.8 Å². The fraction of sp³-hybridized carbons (Fsp3) is 0.455. The van der Waals surface area contributed by atoms with Crippen LogP contribution < -0.4 is 10.6 Å². The van der Waals surface area contributed by atoms with Crippen molar-refractivity contribution < 1.29 is 8.78 Å². The van der Waals surface area contributed by atoms with Gasteiger partial charge in [0, 0.05) is 24.8 Å². The highest BCUT2D eigenvalue weighted by Gasteiger charge is 2.21. The minimum absolute atomic E-state index is 0.470. The number of halogens is 2. The summed E-state index contributed by atoms with van der Waals surface area (Å²) in [5.41, 5.74) is 6.31. The first-order valence-corrected chi connectivity index (χ1v) is 5.11. The molecule has 0 spiro atoms. The zero-order chi connectivity index (χ0) is 10.8. The second-order valence-electron chi connectivity index (χ2n) is 3.93. The maximum Gasteiger partial charge on any atom is 0.160 e. The molecule has 0 radical (unpaired) electrons. The smallest absolute Gasteiger partial charge is 0.160 e. The number of nitrogens with zero attached hydrogens (tertiary/aromatic N) is 1. The maximum absolute atomic E-state index is 13.0. The van der Waals surface area contributed by atoms with Crippen molar-refractivity contribution in [3.8, 4) is 0 Å². The van der Waals surface area contributed by atoms with Crippen LogP contribution in [-0.4, -0.2) is 19.6 Å². The van der Waals surface area contributed by atoms with Crippen molar-refractivity contribution in [2.75, 3.05) is 24.5 Å². The maximum atomic E-state index is 13.0. The number of hydrogen-bond acceptors (Lipinski definition) is 2. The molecule has 1 aromatic carbocycles. The lowest BCUT2D eigenvalue weighted by molar-refractivity contribution is 0.508. The lowest BCUT2D eigenvalue weighted by atomic mass is 10.1. The quantitative estimate of drug-likeness (QED) is 0.809. The number of benzene rings is 1. The molecule has 0 saturated carbocycles. The molecule has 1 atom stereocenters. The summed E-state index contributed by atoms with van der Waals surface area (Å²) in [4.78, 5) is 2.04. The van der Waals surface area contributed by atoms with Crippen molar-refractivity contribution in [1.82, 2.24) is 0 Å². The molecule has 2 N–H and O–H groups in total. The minimum Gasteiger partial charge on any atom is -0.371 e. The summed E-state index contributed by atoms with van der Waals surface area (Å²) in [6.07, 6.45) is 1.02. The topological polar surface area (TPSA) is 29.3 Å². The van der Waals surface area contributed by atoms with Crippen LogP contribution in [0.25, 0.3) is 0 Å². The van der Waals surface area contributed by atoms with Gasteiger partial charge in [0.1, 0.15) is 0 Å². The van der Waals surface area contributed by atoms with Gasteiger partial charge < -0.3 is 10.6 Å².